The molecular weight excluding hydrogens is 228 g/mol. The Morgan fingerprint density at radius 2 is 1.89 bits per heavy atom. The predicted octanol–water partition coefficient (Wildman–Crippen LogP) is 2.71. The molecule has 2 rings (SSSR count). The van der Waals surface area contributed by atoms with Gasteiger partial charge in [0.15, 0.2) is 0 Å². The molecule has 0 saturated heterocycles. The number of pyridine rings is 1. The standard InChI is InChI=1S/C14H16N2O2/c1-17-12-6-3-5-11(9-12)10-15-13-7-4-8-14(16-13)18-2/h3-9H,10H2,1-2H3,(H,15,16). The summed E-state index contributed by atoms with van der Waals surface area (Å²) in [7, 11) is 3.27. The zero-order chi connectivity index (χ0) is 12.8. The van der Waals surface area contributed by atoms with Gasteiger partial charge in [-0.3, -0.25) is 0 Å². The molecule has 0 amide bonds. The van der Waals surface area contributed by atoms with E-state index in [4.69, 9.17) is 9.47 Å². The fourth-order valence-corrected chi connectivity index (χ4v) is 1.60. The van der Waals surface area contributed by atoms with E-state index < -0.39 is 0 Å². The van der Waals surface area contributed by atoms with Gasteiger partial charge in [0.1, 0.15) is 11.6 Å². The highest BCUT2D eigenvalue weighted by molar-refractivity contribution is 5.39. The van der Waals surface area contributed by atoms with Crippen molar-refractivity contribution in [3.8, 4) is 11.6 Å². The van der Waals surface area contributed by atoms with Crippen LogP contribution in [0.5, 0.6) is 11.6 Å². The molecule has 94 valence electrons. The zero-order valence-electron chi connectivity index (χ0n) is 10.5. The number of rotatable bonds is 5. The molecule has 4 nitrogen and oxygen atoms in total. The van der Waals surface area contributed by atoms with E-state index in [1.807, 2.05) is 42.5 Å². The molecule has 1 N–H and O–H groups in total. The SMILES string of the molecule is COc1cccc(CNc2cccc(OC)n2)c1. The van der Waals surface area contributed by atoms with Crippen LogP contribution in [0.3, 0.4) is 0 Å². The second-order valence-electron chi connectivity index (χ2n) is 3.77. The summed E-state index contributed by atoms with van der Waals surface area (Å²) in [4.78, 5) is 4.28. The van der Waals surface area contributed by atoms with E-state index in [9.17, 15) is 0 Å². The maximum Gasteiger partial charge on any atom is 0.214 e. The minimum Gasteiger partial charge on any atom is -0.497 e. The van der Waals surface area contributed by atoms with E-state index in [2.05, 4.69) is 10.3 Å². The Hall–Kier alpha value is -2.23. The minimum absolute atomic E-state index is 0.602. The lowest BCUT2D eigenvalue weighted by Crippen LogP contribution is -2.02. The van der Waals surface area contributed by atoms with Crippen LogP contribution in [0, 0.1) is 0 Å². The highest BCUT2D eigenvalue weighted by Crippen LogP contribution is 2.15. The quantitative estimate of drug-likeness (QED) is 0.878. The van der Waals surface area contributed by atoms with Crippen LogP contribution in [0.1, 0.15) is 5.56 Å². The van der Waals surface area contributed by atoms with Gasteiger partial charge in [-0.05, 0) is 23.8 Å². The van der Waals surface area contributed by atoms with Gasteiger partial charge < -0.3 is 14.8 Å². The van der Waals surface area contributed by atoms with Crippen molar-refractivity contribution < 1.29 is 9.47 Å². The van der Waals surface area contributed by atoms with Crippen LogP contribution in [0.25, 0.3) is 0 Å². The van der Waals surface area contributed by atoms with Crippen molar-refractivity contribution >= 4 is 5.82 Å². The molecule has 18 heavy (non-hydrogen) atoms. The summed E-state index contributed by atoms with van der Waals surface area (Å²) in [5, 5.41) is 3.24. The van der Waals surface area contributed by atoms with E-state index in [1.165, 1.54) is 0 Å². The first-order valence-electron chi connectivity index (χ1n) is 5.69. The molecule has 0 unspecified atom stereocenters. The molecule has 1 aromatic heterocycles. The first kappa shape index (κ1) is 12.2. The molecule has 1 aromatic carbocycles. The monoisotopic (exact) mass is 244 g/mol. The average Bonchev–Trinajstić information content (AvgIpc) is 2.45. The molecule has 4 heteroatoms. The third-order valence-corrected chi connectivity index (χ3v) is 2.54. The van der Waals surface area contributed by atoms with Crippen molar-refractivity contribution in [2.45, 2.75) is 6.54 Å². The van der Waals surface area contributed by atoms with Gasteiger partial charge in [-0.1, -0.05) is 18.2 Å². The Morgan fingerprint density at radius 1 is 1.06 bits per heavy atom. The van der Waals surface area contributed by atoms with Crippen LogP contribution in [0.2, 0.25) is 0 Å². The molecule has 2 aromatic rings. The van der Waals surface area contributed by atoms with Gasteiger partial charge in [0.25, 0.3) is 0 Å². The molecule has 0 saturated carbocycles. The maximum absolute atomic E-state index is 5.18. The molecule has 0 spiro atoms. The molecule has 0 bridgehead atoms. The number of hydrogen-bond donors (Lipinski definition) is 1. The van der Waals surface area contributed by atoms with Gasteiger partial charge in [-0.2, -0.15) is 4.98 Å². The average molecular weight is 244 g/mol. The number of nitrogens with one attached hydrogen (secondary N) is 1. The van der Waals surface area contributed by atoms with Gasteiger partial charge in [0.05, 0.1) is 14.2 Å². The van der Waals surface area contributed by atoms with Crippen LogP contribution >= 0.6 is 0 Å². The maximum atomic E-state index is 5.18. The van der Waals surface area contributed by atoms with E-state index in [1.54, 1.807) is 14.2 Å². The van der Waals surface area contributed by atoms with Gasteiger partial charge in [-0.15, -0.1) is 0 Å². The smallest absolute Gasteiger partial charge is 0.214 e. The summed E-state index contributed by atoms with van der Waals surface area (Å²) in [6, 6.07) is 13.5. The summed E-state index contributed by atoms with van der Waals surface area (Å²) in [6.07, 6.45) is 0. The summed E-state index contributed by atoms with van der Waals surface area (Å²) < 4.78 is 10.3. The van der Waals surface area contributed by atoms with E-state index >= 15 is 0 Å². The lowest BCUT2D eigenvalue weighted by Gasteiger charge is -2.08. The fraction of sp³-hybridized carbons (Fsp3) is 0.214. The van der Waals surface area contributed by atoms with Crippen LogP contribution in [-0.2, 0) is 6.54 Å². The fourth-order valence-electron chi connectivity index (χ4n) is 1.60. The Balaban J connectivity index is 2.01. The first-order valence-corrected chi connectivity index (χ1v) is 5.69. The van der Waals surface area contributed by atoms with Gasteiger partial charge in [-0.25, -0.2) is 0 Å². The molecule has 0 atom stereocenters. The summed E-state index contributed by atoms with van der Waals surface area (Å²) in [5.41, 5.74) is 1.14. The van der Waals surface area contributed by atoms with Crippen molar-refractivity contribution in [2.24, 2.45) is 0 Å². The van der Waals surface area contributed by atoms with Crippen LogP contribution < -0.4 is 14.8 Å². The Bertz CT molecular complexity index is 467. The number of ether oxygens (including phenoxy) is 2. The van der Waals surface area contributed by atoms with Crippen molar-refractivity contribution in [1.82, 2.24) is 4.98 Å². The Morgan fingerprint density at radius 3 is 2.67 bits per heavy atom. The molecule has 0 radical (unpaired) electrons. The second-order valence-corrected chi connectivity index (χ2v) is 3.77. The third-order valence-electron chi connectivity index (χ3n) is 2.54. The molecule has 1 heterocycles. The Kier molecular flexibility index (Phi) is 4.02. The molecule has 0 aliphatic carbocycles. The zero-order valence-corrected chi connectivity index (χ0v) is 10.5. The molecule has 0 fully saturated rings. The lowest BCUT2D eigenvalue weighted by atomic mass is 10.2. The number of methoxy groups -OCH3 is 2. The first-order chi connectivity index (χ1) is 8.81. The summed E-state index contributed by atoms with van der Waals surface area (Å²) in [5.74, 6) is 2.25. The molecule has 0 aliphatic heterocycles. The van der Waals surface area contributed by atoms with Crippen molar-refractivity contribution in [2.75, 3.05) is 19.5 Å². The van der Waals surface area contributed by atoms with Crippen LogP contribution in [0.15, 0.2) is 42.5 Å². The van der Waals surface area contributed by atoms with Crippen molar-refractivity contribution in [3.63, 3.8) is 0 Å². The summed E-state index contributed by atoms with van der Waals surface area (Å²) in [6.45, 7) is 0.692. The number of aromatic nitrogens is 1. The van der Waals surface area contributed by atoms with E-state index in [0.717, 1.165) is 17.1 Å². The number of benzene rings is 1. The molecular formula is C14H16N2O2. The molecule has 0 aliphatic rings. The number of anilines is 1. The van der Waals surface area contributed by atoms with Crippen LogP contribution in [0.4, 0.5) is 5.82 Å². The predicted molar refractivity (Wildman–Crippen MR) is 71.1 cm³/mol. The topological polar surface area (TPSA) is 43.4 Å². The number of hydrogen-bond acceptors (Lipinski definition) is 4. The van der Waals surface area contributed by atoms with Gasteiger partial charge >= 0.3 is 0 Å². The van der Waals surface area contributed by atoms with Crippen molar-refractivity contribution in [3.05, 3.63) is 48.0 Å². The highest BCUT2D eigenvalue weighted by atomic mass is 16.5. The third kappa shape index (κ3) is 3.13. The Labute approximate surface area is 107 Å². The normalized spacial score (nSPS) is 9.89. The van der Waals surface area contributed by atoms with Gasteiger partial charge in [0, 0.05) is 12.6 Å². The van der Waals surface area contributed by atoms with E-state index in [-0.39, 0.29) is 0 Å². The largest absolute Gasteiger partial charge is 0.497 e. The van der Waals surface area contributed by atoms with Gasteiger partial charge in [0.2, 0.25) is 5.88 Å². The summed E-state index contributed by atoms with van der Waals surface area (Å²) >= 11 is 0. The van der Waals surface area contributed by atoms with E-state index in [0.29, 0.717) is 12.4 Å². The minimum atomic E-state index is 0.602. The second kappa shape index (κ2) is 5.91. The highest BCUT2D eigenvalue weighted by Gasteiger charge is 1.99. The van der Waals surface area contributed by atoms with Crippen LogP contribution in [-0.4, -0.2) is 19.2 Å². The van der Waals surface area contributed by atoms with Crippen molar-refractivity contribution in [1.29, 1.82) is 0 Å². The lowest BCUT2D eigenvalue weighted by molar-refractivity contribution is 0.398. The number of nitrogens with zero attached hydrogens (tertiary/aromatic N) is 1.